The van der Waals surface area contributed by atoms with Crippen molar-refractivity contribution >= 4 is 0 Å². The van der Waals surface area contributed by atoms with Crippen molar-refractivity contribution in [3.05, 3.63) is 57.6 Å². The standard InChI is InChI=1S/C30H48N2O2/c1-21-15-23(27(33)25(17-21)29(3,4)5)19-31(9)13-11-12-14-32(10)20-24-16-22(2)18-26(28(24)34)30(6,7)8/h15-18,33-34H,11-14,19-20H2,1-10H3. The molecule has 4 heteroatoms. The Morgan fingerprint density at radius 3 is 1.24 bits per heavy atom. The van der Waals surface area contributed by atoms with E-state index in [0.717, 1.165) is 61.3 Å². The van der Waals surface area contributed by atoms with Crippen molar-refractivity contribution in [1.29, 1.82) is 0 Å². The average Bonchev–Trinajstić information content (AvgIpc) is 2.68. The van der Waals surface area contributed by atoms with Crippen LogP contribution in [-0.2, 0) is 23.9 Å². The number of aryl methyl sites for hydroxylation is 2. The minimum atomic E-state index is -0.0760. The second-order valence-electron chi connectivity index (χ2n) is 12.3. The van der Waals surface area contributed by atoms with Gasteiger partial charge in [-0.3, -0.25) is 0 Å². The van der Waals surface area contributed by atoms with Crippen LogP contribution in [0.2, 0.25) is 0 Å². The number of phenolic OH excluding ortho intramolecular Hbond substituents is 2. The van der Waals surface area contributed by atoms with E-state index in [2.05, 4.69) is 104 Å². The van der Waals surface area contributed by atoms with Crippen LogP contribution in [0.3, 0.4) is 0 Å². The molecule has 0 heterocycles. The van der Waals surface area contributed by atoms with E-state index in [-0.39, 0.29) is 10.8 Å². The summed E-state index contributed by atoms with van der Waals surface area (Å²) in [6, 6.07) is 8.42. The Labute approximate surface area is 208 Å². The maximum absolute atomic E-state index is 10.8. The number of nitrogens with zero attached hydrogens (tertiary/aromatic N) is 2. The Morgan fingerprint density at radius 2 is 0.941 bits per heavy atom. The molecule has 0 aromatic heterocycles. The van der Waals surface area contributed by atoms with Crippen molar-refractivity contribution in [2.24, 2.45) is 0 Å². The van der Waals surface area contributed by atoms with Crippen LogP contribution in [0.1, 0.15) is 87.8 Å². The zero-order valence-electron chi connectivity index (χ0n) is 23.3. The Kier molecular flexibility index (Phi) is 9.23. The summed E-state index contributed by atoms with van der Waals surface area (Å²) < 4.78 is 0. The van der Waals surface area contributed by atoms with Crippen molar-refractivity contribution in [2.75, 3.05) is 27.2 Å². The Morgan fingerprint density at radius 1 is 0.618 bits per heavy atom. The SMILES string of the molecule is Cc1cc(CN(C)CCCCN(C)Cc2cc(C)cc(C(C)(C)C)c2O)c(O)c(C(C)(C)C)c1. The topological polar surface area (TPSA) is 46.9 Å². The molecule has 34 heavy (non-hydrogen) atoms. The third-order valence-electron chi connectivity index (χ3n) is 6.49. The molecule has 0 fully saturated rings. The van der Waals surface area contributed by atoms with Gasteiger partial charge in [-0.05, 0) is 75.8 Å². The first-order chi connectivity index (χ1) is 15.6. The molecular weight excluding hydrogens is 420 g/mol. The molecule has 2 rings (SSSR count). The van der Waals surface area contributed by atoms with E-state index in [0.29, 0.717) is 11.5 Å². The smallest absolute Gasteiger partial charge is 0.123 e. The number of unbranched alkanes of at least 4 members (excludes halogenated alkanes) is 1. The second kappa shape index (κ2) is 11.1. The summed E-state index contributed by atoms with van der Waals surface area (Å²) in [6.45, 7) is 20.5. The molecule has 0 spiro atoms. The largest absolute Gasteiger partial charge is 0.507 e. The molecule has 2 N–H and O–H groups in total. The molecule has 0 radical (unpaired) electrons. The van der Waals surface area contributed by atoms with E-state index < -0.39 is 0 Å². The lowest BCUT2D eigenvalue weighted by Crippen LogP contribution is -2.23. The Hall–Kier alpha value is -2.04. The molecule has 0 aliphatic carbocycles. The summed E-state index contributed by atoms with van der Waals surface area (Å²) in [7, 11) is 4.25. The first-order valence-electron chi connectivity index (χ1n) is 12.6. The molecule has 0 amide bonds. The van der Waals surface area contributed by atoms with Gasteiger partial charge in [-0.1, -0.05) is 76.9 Å². The van der Waals surface area contributed by atoms with Crippen molar-refractivity contribution in [3.63, 3.8) is 0 Å². The minimum absolute atomic E-state index is 0.0760. The van der Waals surface area contributed by atoms with Gasteiger partial charge in [0, 0.05) is 24.2 Å². The number of aromatic hydroxyl groups is 2. The highest BCUT2D eigenvalue weighted by Crippen LogP contribution is 2.36. The van der Waals surface area contributed by atoms with Gasteiger partial charge >= 0.3 is 0 Å². The van der Waals surface area contributed by atoms with E-state index in [9.17, 15) is 10.2 Å². The molecule has 0 unspecified atom stereocenters. The predicted octanol–water partition coefficient (Wildman–Crippen LogP) is 6.65. The highest BCUT2D eigenvalue weighted by atomic mass is 16.3. The normalized spacial score (nSPS) is 12.7. The zero-order chi connectivity index (χ0) is 25.8. The van der Waals surface area contributed by atoms with Crippen molar-refractivity contribution in [3.8, 4) is 11.5 Å². The average molecular weight is 469 g/mol. The van der Waals surface area contributed by atoms with Gasteiger partial charge in [0.2, 0.25) is 0 Å². The Balaban J connectivity index is 1.89. The van der Waals surface area contributed by atoms with Gasteiger partial charge < -0.3 is 20.0 Å². The fourth-order valence-corrected chi connectivity index (χ4v) is 4.60. The van der Waals surface area contributed by atoms with E-state index in [1.807, 2.05) is 0 Å². The third kappa shape index (κ3) is 7.74. The number of benzene rings is 2. The van der Waals surface area contributed by atoms with Gasteiger partial charge in [0.05, 0.1) is 0 Å². The van der Waals surface area contributed by atoms with Gasteiger partial charge in [0.15, 0.2) is 0 Å². The summed E-state index contributed by atoms with van der Waals surface area (Å²) in [5.74, 6) is 0.884. The number of phenols is 2. The summed E-state index contributed by atoms with van der Waals surface area (Å²) in [4.78, 5) is 4.59. The highest BCUT2D eigenvalue weighted by Gasteiger charge is 2.22. The lowest BCUT2D eigenvalue weighted by molar-refractivity contribution is 0.280. The Bertz CT molecular complexity index is 888. The van der Waals surface area contributed by atoms with Gasteiger partial charge in [0.25, 0.3) is 0 Å². The van der Waals surface area contributed by atoms with Crippen LogP contribution < -0.4 is 0 Å². The van der Waals surface area contributed by atoms with E-state index in [1.54, 1.807) is 0 Å². The van der Waals surface area contributed by atoms with Gasteiger partial charge in [-0.15, -0.1) is 0 Å². The molecule has 2 aromatic carbocycles. The van der Waals surface area contributed by atoms with E-state index in [1.165, 1.54) is 11.1 Å². The monoisotopic (exact) mass is 468 g/mol. The summed E-state index contributed by atoms with van der Waals surface area (Å²) in [5.41, 5.74) is 6.30. The van der Waals surface area contributed by atoms with Crippen LogP contribution in [0.15, 0.2) is 24.3 Å². The fraction of sp³-hybridized carbons (Fsp3) is 0.600. The number of hydrogen-bond donors (Lipinski definition) is 2. The van der Waals surface area contributed by atoms with Crippen LogP contribution >= 0.6 is 0 Å². The predicted molar refractivity (Wildman–Crippen MR) is 145 cm³/mol. The maximum atomic E-state index is 10.8. The fourth-order valence-electron chi connectivity index (χ4n) is 4.60. The maximum Gasteiger partial charge on any atom is 0.123 e. The van der Waals surface area contributed by atoms with E-state index in [4.69, 9.17) is 0 Å². The van der Waals surface area contributed by atoms with Crippen molar-refractivity contribution in [2.45, 2.75) is 92.2 Å². The van der Waals surface area contributed by atoms with Gasteiger partial charge in [-0.25, -0.2) is 0 Å². The summed E-state index contributed by atoms with van der Waals surface area (Å²) in [5, 5.41) is 21.7. The van der Waals surface area contributed by atoms with Crippen LogP contribution in [0, 0.1) is 13.8 Å². The molecule has 0 saturated carbocycles. The first kappa shape index (κ1) is 28.2. The lowest BCUT2D eigenvalue weighted by Gasteiger charge is -2.25. The number of rotatable bonds is 9. The zero-order valence-corrected chi connectivity index (χ0v) is 23.3. The number of hydrogen-bond acceptors (Lipinski definition) is 4. The van der Waals surface area contributed by atoms with Crippen molar-refractivity contribution < 1.29 is 10.2 Å². The van der Waals surface area contributed by atoms with Gasteiger partial charge in [-0.2, -0.15) is 0 Å². The molecule has 0 bridgehead atoms. The summed E-state index contributed by atoms with van der Waals surface area (Å²) >= 11 is 0. The molecule has 0 aliphatic heterocycles. The first-order valence-corrected chi connectivity index (χ1v) is 12.6. The van der Waals surface area contributed by atoms with E-state index >= 15 is 0 Å². The molecule has 190 valence electrons. The molecule has 2 aromatic rings. The quantitative estimate of drug-likeness (QED) is 0.404. The molecular formula is C30H48N2O2. The summed E-state index contributed by atoms with van der Waals surface area (Å²) in [6.07, 6.45) is 2.18. The second-order valence-corrected chi connectivity index (χ2v) is 12.3. The van der Waals surface area contributed by atoms with Crippen LogP contribution in [0.4, 0.5) is 0 Å². The highest BCUT2D eigenvalue weighted by molar-refractivity contribution is 5.47. The lowest BCUT2D eigenvalue weighted by atomic mass is 9.84. The van der Waals surface area contributed by atoms with Crippen LogP contribution in [0.25, 0.3) is 0 Å². The van der Waals surface area contributed by atoms with Gasteiger partial charge in [0.1, 0.15) is 11.5 Å². The van der Waals surface area contributed by atoms with Crippen LogP contribution in [0.5, 0.6) is 11.5 Å². The van der Waals surface area contributed by atoms with Crippen LogP contribution in [-0.4, -0.2) is 47.2 Å². The molecule has 0 atom stereocenters. The molecule has 4 nitrogen and oxygen atoms in total. The molecule has 0 saturated heterocycles. The minimum Gasteiger partial charge on any atom is -0.507 e. The van der Waals surface area contributed by atoms with Crippen molar-refractivity contribution in [1.82, 2.24) is 9.80 Å². The third-order valence-corrected chi connectivity index (χ3v) is 6.49. The molecule has 0 aliphatic rings.